The van der Waals surface area contributed by atoms with Crippen LogP contribution in [0.25, 0.3) is 10.2 Å². The number of hydrogen-bond acceptors (Lipinski definition) is 4. The Morgan fingerprint density at radius 1 is 1.47 bits per heavy atom. The Kier molecular flexibility index (Phi) is 2.55. The highest BCUT2D eigenvalue weighted by atomic mass is 32.1. The molecular formula is C10H12N4S. The molecule has 0 aliphatic carbocycles. The van der Waals surface area contributed by atoms with Crippen molar-refractivity contribution in [1.29, 1.82) is 0 Å². The van der Waals surface area contributed by atoms with Crippen LogP contribution in [0.1, 0.15) is 0 Å². The van der Waals surface area contributed by atoms with Gasteiger partial charge in [0.25, 0.3) is 0 Å². The molecule has 2 N–H and O–H groups in total. The van der Waals surface area contributed by atoms with Crippen molar-refractivity contribution in [2.45, 2.75) is 0 Å². The fraction of sp³-hybridized carbons (Fsp3) is 0.200. The number of aliphatic imine (C=N–C) groups is 1. The average molecular weight is 220 g/mol. The Bertz CT molecular complexity index is 501. The van der Waals surface area contributed by atoms with Crippen LogP contribution in [0.5, 0.6) is 0 Å². The normalized spacial score (nSPS) is 11.3. The highest BCUT2D eigenvalue weighted by Gasteiger charge is 2.01. The van der Waals surface area contributed by atoms with E-state index in [9.17, 15) is 0 Å². The fourth-order valence-electron chi connectivity index (χ4n) is 1.15. The van der Waals surface area contributed by atoms with E-state index >= 15 is 0 Å². The average Bonchev–Trinajstić information content (AvgIpc) is 2.56. The summed E-state index contributed by atoms with van der Waals surface area (Å²) in [5.74, 6) is 0. The summed E-state index contributed by atoms with van der Waals surface area (Å²) >= 11 is 1.54. The molecule has 2 rings (SSSR count). The minimum atomic E-state index is 0.754. The minimum absolute atomic E-state index is 0.754. The van der Waals surface area contributed by atoms with Crippen molar-refractivity contribution in [1.82, 2.24) is 9.88 Å². The van der Waals surface area contributed by atoms with Crippen LogP contribution in [-0.4, -0.2) is 30.3 Å². The molecule has 4 nitrogen and oxygen atoms in total. The molecular weight excluding hydrogens is 208 g/mol. The van der Waals surface area contributed by atoms with E-state index in [4.69, 9.17) is 5.73 Å². The topological polar surface area (TPSA) is 54.5 Å². The van der Waals surface area contributed by atoms with Gasteiger partial charge in [-0.1, -0.05) is 11.3 Å². The van der Waals surface area contributed by atoms with Gasteiger partial charge >= 0.3 is 0 Å². The Morgan fingerprint density at radius 2 is 2.27 bits per heavy atom. The molecule has 1 heterocycles. The molecule has 78 valence electrons. The Morgan fingerprint density at radius 3 is 3.00 bits per heavy atom. The summed E-state index contributed by atoms with van der Waals surface area (Å²) in [6, 6.07) is 5.68. The number of anilines is 1. The van der Waals surface area contributed by atoms with Gasteiger partial charge in [-0.25, -0.2) is 9.98 Å². The highest BCUT2D eigenvalue weighted by molar-refractivity contribution is 7.22. The fourth-order valence-corrected chi connectivity index (χ4v) is 2.00. The third-order valence-electron chi connectivity index (χ3n) is 1.80. The molecule has 0 atom stereocenters. The number of nitrogen functional groups attached to an aromatic ring is 1. The molecule has 0 saturated heterocycles. The monoisotopic (exact) mass is 220 g/mol. The number of aromatic nitrogens is 1. The van der Waals surface area contributed by atoms with E-state index in [0.29, 0.717) is 0 Å². The molecule has 0 spiro atoms. The van der Waals surface area contributed by atoms with E-state index in [1.807, 2.05) is 37.2 Å². The molecule has 0 amide bonds. The van der Waals surface area contributed by atoms with E-state index < -0.39 is 0 Å². The molecule has 1 aromatic heterocycles. The SMILES string of the molecule is CN(C)C=Nc1nc2ccc(N)cc2s1. The summed E-state index contributed by atoms with van der Waals surface area (Å²) in [5.41, 5.74) is 7.39. The van der Waals surface area contributed by atoms with Crippen molar-refractivity contribution in [3.8, 4) is 0 Å². The lowest BCUT2D eigenvalue weighted by molar-refractivity contribution is 0.643. The van der Waals surface area contributed by atoms with Crippen molar-refractivity contribution in [3.05, 3.63) is 18.2 Å². The number of hydrogen-bond donors (Lipinski definition) is 1. The first-order valence-corrected chi connectivity index (χ1v) is 5.33. The van der Waals surface area contributed by atoms with E-state index in [1.165, 1.54) is 11.3 Å². The lowest BCUT2D eigenvalue weighted by atomic mass is 10.3. The van der Waals surface area contributed by atoms with Crippen LogP contribution in [0, 0.1) is 0 Å². The maximum absolute atomic E-state index is 5.69. The summed E-state index contributed by atoms with van der Waals surface area (Å²) in [6.45, 7) is 0. The summed E-state index contributed by atoms with van der Waals surface area (Å²) in [5, 5.41) is 0.754. The quantitative estimate of drug-likeness (QED) is 0.479. The molecule has 0 aliphatic rings. The smallest absolute Gasteiger partial charge is 0.211 e. The van der Waals surface area contributed by atoms with Gasteiger partial charge in [0.05, 0.1) is 16.6 Å². The third-order valence-corrected chi connectivity index (χ3v) is 2.73. The van der Waals surface area contributed by atoms with Gasteiger partial charge in [0.2, 0.25) is 5.13 Å². The molecule has 5 heteroatoms. The number of nitrogens with zero attached hydrogens (tertiary/aromatic N) is 3. The van der Waals surface area contributed by atoms with Crippen molar-refractivity contribution < 1.29 is 0 Å². The van der Waals surface area contributed by atoms with Gasteiger partial charge in [-0.15, -0.1) is 0 Å². The summed E-state index contributed by atoms with van der Waals surface area (Å²) < 4.78 is 1.07. The molecule has 0 unspecified atom stereocenters. The Balaban J connectivity index is 2.39. The van der Waals surface area contributed by atoms with Crippen LogP contribution < -0.4 is 5.73 Å². The molecule has 0 radical (unpaired) electrons. The predicted octanol–water partition coefficient (Wildman–Crippen LogP) is 2.10. The van der Waals surface area contributed by atoms with E-state index in [2.05, 4.69) is 9.98 Å². The molecule has 15 heavy (non-hydrogen) atoms. The van der Waals surface area contributed by atoms with Gasteiger partial charge < -0.3 is 10.6 Å². The standard InChI is InChI=1S/C10H12N4S/c1-14(2)6-12-10-13-8-4-3-7(11)5-9(8)15-10/h3-6H,11H2,1-2H3. The highest BCUT2D eigenvalue weighted by Crippen LogP contribution is 2.28. The van der Waals surface area contributed by atoms with E-state index in [-0.39, 0.29) is 0 Å². The molecule has 0 fully saturated rings. The van der Waals surface area contributed by atoms with Crippen molar-refractivity contribution in [3.63, 3.8) is 0 Å². The molecule has 2 aromatic rings. The zero-order chi connectivity index (χ0) is 10.8. The van der Waals surface area contributed by atoms with Crippen LogP contribution in [0.15, 0.2) is 23.2 Å². The largest absolute Gasteiger partial charge is 0.399 e. The summed E-state index contributed by atoms with van der Waals surface area (Å²) in [7, 11) is 3.85. The van der Waals surface area contributed by atoms with E-state index in [0.717, 1.165) is 21.0 Å². The first-order valence-electron chi connectivity index (χ1n) is 4.52. The number of fused-ring (bicyclic) bond motifs is 1. The van der Waals surface area contributed by atoms with Gasteiger partial charge in [0, 0.05) is 19.8 Å². The minimum Gasteiger partial charge on any atom is -0.399 e. The van der Waals surface area contributed by atoms with Gasteiger partial charge in [0.15, 0.2) is 0 Å². The molecule has 0 saturated carbocycles. The maximum atomic E-state index is 5.69. The van der Waals surface area contributed by atoms with Crippen molar-refractivity contribution in [2.24, 2.45) is 4.99 Å². The lowest BCUT2D eigenvalue weighted by Crippen LogP contribution is -2.06. The van der Waals surface area contributed by atoms with Crippen LogP contribution in [-0.2, 0) is 0 Å². The Hall–Kier alpha value is -1.62. The lowest BCUT2D eigenvalue weighted by Gasteiger charge is -1.99. The zero-order valence-electron chi connectivity index (χ0n) is 8.64. The predicted molar refractivity (Wildman–Crippen MR) is 65.9 cm³/mol. The van der Waals surface area contributed by atoms with Gasteiger partial charge in [-0.05, 0) is 18.2 Å². The second-order valence-electron chi connectivity index (χ2n) is 3.43. The molecule has 0 bridgehead atoms. The summed E-state index contributed by atoms with van der Waals surface area (Å²) in [6.07, 6.45) is 1.74. The molecule has 0 aliphatic heterocycles. The number of thiazole rings is 1. The maximum Gasteiger partial charge on any atom is 0.211 e. The summed E-state index contributed by atoms with van der Waals surface area (Å²) in [4.78, 5) is 10.5. The third kappa shape index (κ3) is 2.24. The van der Waals surface area contributed by atoms with Gasteiger partial charge in [-0.2, -0.15) is 0 Å². The first-order chi connectivity index (χ1) is 7.15. The van der Waals surface area contributed by atoms with Crippen LogP contribution in [0.3, 0.4) is 0 Å². The van der Waals surface area contributed by atoms with Gasteiger partial charge in [0.1, 0.15) is 0 Å². The number of benzene rings is 1. The van der Waals surface area contributed by atoms with Gasteiger partial charge in [-0.3, -0.25) is 0 Å². The van der Waals surface area contributed by atoms with Crippen LogP contribution in [0.2, 0.25) is 0 Å². The Labute approximate surface area is 92.1 Å². The van der Waals surface area contributed by atoms with Crippen molar-refractivity contribution >= 4 is 38.7 Å². The first kappa shape index (κ1) is 9.92. The second-order valence-corrected chi connectivity index (χ2v) is 4.44. The van der Waals surface area contributed by atoms with Crippen LogP contribution >= 0.6 is 11.3 Å². The van der Waals surface area contributed by atoms with E-state index in [1.54, 1.807) is 6.34 Å². The second kappa shape index (κ2) is 3.86. The number of nitrogens with two attached hydrogens (primary N) is 1. The molecule has 1 aromatic carbocycles. The number of rotatable bonds is 2. The van der Waals surface area contributed by atoms with Crippen LogP contribution in [0.4, 0.5) is 10.8 Å². The van der Waals surface area contributed by atoms with Crippen molar-refractivity contribution in [2.75, 3.05) is 19.8 Å². The zero-order valence-corrected chi connectivity index (χ0v) is 9.45.